The largest absolute Gasteiger partial charge is 0.496 e. The first-order valence-electron chi connectivity index (χ1n) is 6.21. The summed E-state index contributed by atoms with van der Waals surface area (Å²) in [7, 11) is -2.88. The molecular formula is C12H12Cl3NO6S. The van der Waals surface area contributed by atoms with Crippen molar-refractivity contribution >= 4 is 51.2 Å². The zero-order valence-electron chi connectivity index (χ0n) is 11.7. The third-order valence-electron chi connectivity index (χ3n) is 2.94. The molecule has 11 heteroatoms. The monoisotopic (exact) mass is 403 g/mol. The lowest BCUT2D eigenvalue weighted by Gasteiger charge is -2.22. The van der Waals surface area contributed by atoms with Gasteiger partial charge in [0.05, 0.1) is 13.7 Å². The molecule has 23 heavy (non-hydrogen) atoms. The minimum absolute atomic E-state index is 0.272. The number of ether oxygens (including phenoxy) is 2. The Bertz CT molecular complexity index is 690. The quantitative estimate of drug-likeness (QED) is 0.721. The standard InChI is InChI=1S/C12H12Cl3NO6S/c1-20-10-5-3-2-4-8(10)9-6-22-23(18,19)16(9)11(17)21-7-12(13,14)15/h2-5,9H,6-7H2,1H3/t9-/m1/s1. The molecule has 1 aromatic carbocycles. The van der Waals surface area contributed by atoms with E-state index in [4.69, 9.17) is 48.5 Å². The molecular weight excluding hydrogens is 393 g/mol. The summed E-state index contributed by atoms with van der Waals surface area (Å²) in [5, 5.41) is 0. The van der Waals surface area contributed by atoms with Crippen molar-refractivity contribution in [1.29, 1.82) is 0 Å². The predicted octanol–water partition coefficient (Wildman–Crippen LogP) is 2.82. The van der Waals surface area contributed by atoms with Crippen LogP contribution in [0.4, 0.5) is 4.79 Å². The van der Waals surface area contributed by atoms with Crippen LogP contribution >= 0.6 is 34.8 Å². The Morgan fingerprint density at radius 2 is 2.04 bits per heavy atom. The fraction of sp³-hybridized carbons (Fsp3) is 0.417. The first kappa shape index (κ1) is 18.4. The van der Waals surface area contributed by atoms with Crippen molar-refractivity contribution in [3.8, 4) is 5.75 Å². The zero-order valence-corrected chi connectivity index (χ0v) is 14.8. The predicted molar refractivity (Wildman–Crippen MR) is 84.1 cm³/mol. The first-order valence-corrected chi connectivity index (χ1v) is 8.71. The number of hydrogen-bond donors (Lipinski definition) is 0. The first-order chi connectivity index (χ1) is 10.7. The molecule has 1 aromatic rings. The summed E-state index contributed by atoms with van der Waals surface area (Å²) in [6, 6.07) is 5.68. The van der Waals surface area contributed by atoms with Crippen molar-refractivity contribution in [2.75, 3.05) is 20.3 Å². The van der Waals surface area contributed by atoms with Crippen LogP contribution < -0.4 is 4.74 Å². The van der Waals surface area contributed by atoms with Gasteiger partial charge in [0, 0.05) is 5.56 Å². The van der Waals surface area contributed by atoms with E-state index in [2.05, 4.69) is 0 Å². The van der Waals surface area contributed by atoms with Gasteiger partial charge in [0.1, 0.15) is 18.4 Å². The highest BCUT2D eigenvalue weighted by Crippen LogP contribution is 2.37. The van der Waals surface area contributed by atoms with Crippen LogP contribution in [0.1, 0.15) is 11.6 Å². The van der Waals surface area contributed by atoms with E-state index in [0.717, 1.165) is 0 Å². The SMILES string of the molecule is COc1ccccc1[C@H]1COS(=O)(=O)N1C(=O)OCC(Cl)(Cl)Cl. The number of rotatable bonds is 3. The van der Waals surface area contributed by atoms with Crippen LogP contribution in [0.15, 0.2) is 24.3 Å². The maximum atomic E-state index is 12.1. The number of nitrogens with zero attached hydrogens (tertiary/aromatic N) is 1. The van der Waals surface area contributed by atoms with Gasteiger partial charge in [-0.3, -0.25) is 4.18 Å². The van der Waals surface area contributed by atoms with E-state index >= 15 is 0 Å². The summed E-state index contributed by atoms with van der Waals surface area (Å²) in [4.78, 5) is 12.1. The Balaban J connectivity index is 2.31. The summed E-state index contributed by atoms with van der Waals surface area (Å²) in [5.74, 6) is 0.400. The van der Waals surface area contributed by atoms with E-state index in [1.54, 1.807) is 24.3 Å². The van der Waals surface area contributed by atoms with Gasteiger partial charge in [-0.05, 0) is 6.07 Å². The van der Waals surface area contributed by atoms with Crippen LogP contribution in [0, 0.1) is 0 Å². The highest BCUT2D eigenvalue weighted by atomic mass is 35.6. The molecule has 7 nitrogen and oxygen atoms in total. The number of benzene rings is 1. The number of halogens is 3. The minimum atomic E-state index is -4.30. The summed E-state index contributed by atoms with van der Waals surface area (Å²) in [5.41, 5.74) is 0.446. The molecule has 1 amide bonds. The van der Waals surface area contributed by atoms with Crippen LogP contribution in [0.3, 0.4) is 0 Å². The van der Waals surface area contributed by atoms with E-state index in [1.807, 2.05) is 0 Å². The van der Waals surface area contributed by atoms with Crippen LogP contribution in [0.5, 0.6) is 5.75 Å². The molecule has 1 aliphatic rings. The molecule has 0 aromatic heterocycles. The molecule has 0 unspecified atom stereocenters. The molecule has 0 saturated carbocycles. The lowest BCUT2D eigenvalue weighted by molar-refractivity contribution is 0.121. The highest BCUT2D eigenvalue weighted by Gasteiger charge is 2.46. The van der Waals surface area contributed by atoms with E-state index in [9.17, 15) is 13.2 Å². The summed E-state index contributed by atoms with van der Waals surface area (Å²) in [6.07, 6.45) is -1.20. The summed E-state index contributed by atoms with van der Waals surface area (Å²) >= 11 is 16.5. The number of carbonyl (C=O) groups excluding carboxylic acids is 1. The smallest absolute Gasteiger partial charge is 0.426 e. The van der Waals surface area contributed by atoms with Gasteiger partial charge in [0.25, 0.3) is 0 Å². The second kappa shape index (κ2) is 6.90. The topological polar surface area (TPSA) is 82.1 Å². The van der Waals surface area contributed by atoms with Crippen LogP contribution in [-0.2, 0) is 19.2 Å². The Morgan fingerprint density at radius 3 is 2.65 bits per heavy atom. The average molecular weight is 405 g/mol. The van der Waals surface area contributed by atoms with Gasteiger partial charge < -0.3 is 9.47 Å². The zero-order chi connectivity index (χ0) is 17.3. The van der Waals surface area contributed by atoms with Gasteiger partial charge in [-0.1, -0.05) is 53.0 Å². The van der Waals surface area contributed by atoms with E-state index in [1.165, 1.54) is 7.11 Å². The summed E-state index contributed by atoms with van der Waals surface area (Å²) < 4.78 is 37.2. The molecule has 0 bridgehead atoms. The number of alkyl halides is 3. The van der Waals surface area contributed by atoms with Crippen molar-refractivity contribution in [1.82, 2.24) is 4.31 Å². The Labute approximate surface area is 148 Å². The van der Waals surface area contributed by atoms with Crippen molar-refractivity contribution in [2.24, 2.45) is 0 Å². The van der Waals surface area contributed by atoms with E-state index in [-0.39, 0.29) is 6.61 Å². The molecule has 0 spiro atoms. The third-order valence-corrected chi connectivity index (χ3v) is 4.58. The van der Waals surface area contributed by atoms with Crippen molar-refractivity contribution in [2.45, 2.75) is 9.83 Å². The van der Waals surface area contributed by atoms with Gasteiger partial charge in [-0.25, -0.2) is 4.79 Å². The van der Waals surface area contributed by atoms with Gasteiger partial charge in [-0.2, -0.15) is 12.7 Å². The van der Waals surface area contributed by atoms with Crippen LogP contribution in [-0.4, -0.2) is 42.9 Å². The lowest BCUT2D eigenvalue weighted by atomic mass is 10.1. The fourth-order valence-corrected chi connectivity index (χ4v) is 3.31. The molecule has 0 radical (unpaired) electrons. The molecule has 0 N–H and O–H groups in total. The molecule has 1 saturated heterocycles. The highest BCUT2D eigenvalue weighted by molar-refractivity contribution is 7.85. The normalized spacial score (nSPS) is 20.3. The number of methoxy groups -OCH3 is 1. The lowest BCUT2D eigenvalue weighted by Crippen LogP contribution is -2.36. The molecule has 0 aliphatic carbocycles. The second-order valence-electron chi connectivity index (χ2n) is 4.47. The van der Waals surface area contributed by atoms with Gasteiger partial charge in [0.2, 0.25) is 3.79 Å². The van der Waals surface area contributed by atoms with E-state index < -0.39 is 32.8 Å². The van der Waals surface area contributed by atoms with Crippen molar-refractivity contribution < 1.29 is 26.9 Å². The maximum absolute atomic E-state index is 12.1. The molecule has 1 heterocycles. The summed E-state index contributed by atoms with van der Waals surface area (Å²) in [6.45, 7) is -0.882. The van der Waals surface area contributed by atoms with Gasteiger partial charge in [-0.15, -0.1) is 0 Å². The minimum Gasteiger partial charge on any atom is -0.496 e. The molecule has 128 valence electrons. The Morgan fingerprint density at radius 1 is 1.39 bits per heavy atom. The van der Waals surface area contributed by atoms with Crippen molar-refractivity contribution in [3.05, 3.63) is 29.8 Å². The molecule has 1 atom stereocenters. The molecule has 2 rings (SSSR count). The second-order valence-corrected chi connectivity index (χ2v) is 8.47. The number of para-hydroxylation sites is 1. The Kier molecular flexibility index (Phi) is 5.52. The number of hydrogen-bond acceptors (Lipinski definition) is 6. The van der Waals surface area contributed by atoms with Gasteiger partial charge in [0.15, 0.2) is 0 Å². The van der Waals surface area contributed by atoms with Gasteiger partial charge >= 0.3 is 16.4 Å². The molecule has 1 aliphatic heterocycles. The van der Waals surface area contributed by atoms with Crippen LogP contribution in [0.25, 0.3) is 0 Å². The molecule has 1 fully saturated rings. The number of carbonyl (C=O) groups is 1. The number of amides is 1. The maximum Gasteiger partial charge on any atom is 0.426 e. The van der Waals surface area contributed by atoms with E-state index in [0.29, 0.717) is 15.6 Å². The average Bonchev–Trinajstić information content (AvgIpc) is 2.79. The van der Waals surface area contributed by atoms with Crippen molar-refractivity contribution in [3.63, 3.8) is 0 Å². The third kappa shape index (κ3) is 4.33. The fourth-order valence-electron chi connectivity index (χ4n) is 2.01. The Hall–Kier alpha value is -0.930. The van der Waals surface area contributed by atoms with Crippen LogP contribution in [0.2, 0.25) is 0 Å².